The molecular formula is C28H39N2O2+. The zero-order chi connectivity index (χ0) is 22.2. The highest BCUT2D eigenvalue weighted by atomic mass is 16.6. The first-order chi connectivity index (χ1) is 15.7. The number of rotatable bonds is 10. The molecule has 172 valence electrons. The van der Waals surface area contributed by atoms with E-state index in [-0.39, 0.29) is 12.2 Å². The normalized spacial score (nSPS) is 24.3. The summed E-state index contributed by atoms with van der Waals surface area (Å²) in [7, 11) is 0. The largest absolute Gasteiger partial charge is 0.440 e. The van der Waals surface area contributed by atoms with Crippen molar-refractivity contribution in [2.75, 3.05) is 31.1 Å². The standard InChI is InChI=1S/C28H39N2O2/c1-2-3-4-5-12-19-30-20-17-25(18-21-30)27(23-30)32-28(31)29(26-15-10-7-11-16-26)22-24-13-8-6-9-14-24/h6-11,13-16,25,27H,2-5,12,17-23H2,1H3/q+1/t25?,27-,30?/m0/s1. The van der Waals surface area contributed by atoms with E-state index in [1.807, 2.05) is 48.5 Å². The van der Waals surface area contributed by atoms with Crippen molar-refractivity contribution in [3.63, 3.8) is 0 Å². The molecule has 5 rings (SSSR count). The fraction of sp³-hybridized carbons (Fsp3) is 0.536. The summed E-state index contributed by atoms with van der Waals surface area (Å²) < 4.78 is 7.41. The van der Waals surface area contributed by atoms with E-state index < -0.39 is 0 Å². The second-order valence-electron chi connectivity index (χ2n) is 9.78. The minimum Gasteiger partial charge on any atom is -0.440 e. The number of carbonyl (C=O) groups is 1. The number of para-hydroxylation sites is 1. The van der Waals surface area contributed by atoms with Gasteiger partial charge in [0.1, 0.15) is 6.54 Å². The monoisotopic (exact) mass is 435 g/mol. The molecule has 0 aliphatic carbocycles. The predicted molar refractivity (Wildman–Crippen MR) is 131 cm³/mol. The van der Waals surface area contributed by atoms with Gasteiger partial charge in [-0.3, -0.25) is 4.90 Å². The van der Waals surface area contributed by atoms with Gasteiger partial charge in [-0.15, -0.1) is 0 Å². The number of nitrogens with zero attached hydrogens (tertiary/aromatic N) is 2. The number of piperidine rings is 3. The SMILES string of the molecule is CCCCCCC[N+]12CCC(CC1)[C@@H](OC(=O)N(Cc1ccccc1)c1ccccc1)C2. The van der Waals surface area contributed by atoms with Crippen molar-refractivity contribution in [2.24, 2.45) is 5.92 Å². The Morgan fingerprint density at radius 1 is 0.938 bits per heavy atom. The van der Waals surface area contributed by atoms with Crippen molar-refractivity contribution in [3.8, 4) is 0 Å². The minimum absolute atomic E-state index is 0.0441. The molecule has 4 heteroatoms. The molecule has 1 atom stereocenters. The summed E-state index contributed by atoms with van der Waals surface area (Å²) in [5, 5.41) is 0. The van der Waals surface area contributed by atoms with Crippen LogP contribution in [0.25, 0.3) is 0 Å². The van der Waals surface area contributed by atoms with E-state index in [1.165, 1.54) is 64.6 Å². The topological polar surface area (TPSA) is 29.5 Å². The fourth-order valence-electron chi connectivity index (χ4n) is 5.55. The van der Waals surface area contributed by atoms with Crippen LogP contribution in [0.1, 0.15) is 57.4 Å². The lowest BCUT2D eigenvalue weighted by atomic mass is 9.83. The van der Waals surface area contributed by atoms with Gasteiger partial charge in [-0.05, 0) is 30.5 Å². The fourth-order valence-corrected chi connectivity index (χ4v) is 5.55. The molecule has 32 heavy (non-hydrogen) atoms. The Labute approximate surface area is 193 Å². The lowest BCUT2D eigenvalue weighted by molar-refractivity contribution is -0.946. The van der Waals surface area contributed by atoms with Crippen molar-refractivity contribution in [2.45, 2.75) is 64.5 Å². The number of amides is 1. The van der Waals surface area contributed by atoms with Crippen LogP contribution in [0.4, 0.5) is 10.5 Å². The Hall–Kier alpha value is -2.33. The molecule has 1 amide bonds. The van der Waals surface area contributed by atoms with E-state index in [0.717, 1.165) is 22.3 Å². The van der Waals surface area contributed by atoms with E-state index in [0.29, 0.717) is 12.5 Å². The third-order valence-electron chi connectivity index (χ3n) is 7.50. The predicted octanol–water partition coefficient (Wildman–Crippen LogP) is 6.41. The molecule has 3 fully saturated rings. The Morgan fingerprint density at radius 3 is 2.28 bits per heavy atom. The van der Waals surface area contributed by atoms with Gasteiger partial charge < -0.3 is 9.22 Å². The molecule has 3 aliphatic heterocycles. The Balaban J connectivity index is 1.41. The summed E-state index contributed by atoms with van der Waals surface area (Å²) in [4.78, 5) is 15.2. The molecular weight excluding hydrogens is 396 g/mol. The van der Waals surface area contributed by atoms with Crippen LogP contribution < -0.4 is 4.90 Å². The smallest absolute Gasteiger partial charge is 0.415 e. The third-order valence-corrected chi connectivity index (χ3v) is 7.50. The third kappa shape index (κ3) is 5.72. The van der Waals surface area contributed by atoms with Gasteiger partial charge in [0.2, 0.25) is 0 Å². The number of hydrogen-bond donors (Lipinski definition) is 0. The lowest BCUT2D eigenvalue weighted by Crippen LogP contribution is -2.64. The quantitative estimate of drug-likeness (QED) is 0.319. The van der Waals surface area contributed by atoms with Crippen LogP contribution in [-0.4, -0.2) is 42.9 Å². The van der Waals surface area contributed by atoms with Crippen molar-refractivity contribution >= 4 is 11.8 Å². The highest BCUT2D eigenvalue weighted by molar-refractivity contribution is 5.87. The number of unbranched alkanes of at least 4 members (excludes halogenated alkanes) is 4. The zero-order valence-electron chi connectivity index (χ0n) is 19.6. The van der Waals surface area contributed by atoms with Gasteiger partial charge >= 0.3 is 6.09 Å². The maximum atomic E-state index is 13.4. The number of benzene rings is 2. The molecule has 2 aromatic carbocycles. The molecule has 2 bridgehead atoms. The van der Waals surface area contributed by atoms with Crippen LogP contribution in [0.5, 0.6) is 0 Å². The van der Waals surface area contributed by atoms with Crippen LogP contribution in [-0.2, 0) is 11.3 Å². The number of ether oxygens (including phenoxy) is 1. The molecule has 0 spiro atoms. The molecule has 0 unspecified atom stereocenters. The summed E-state index contributed by atoms with van der Waals surface area (Å²) in [5.74, 6) is 0.522. The summed E-state index contributed by atoms with van der Waals surface area (Å²) in [5.41, 5.74) is 2.00. The molecule has 0 aromatic heterocycles. The van der Waals surface area contributed by atoms with Crippen LogP contribution in [0.2, 0.25) is 0 Å². The van der Waals surface area contributed by atoms with Gasteiger partial charge in [-0.25, -0.2) is 4.79 Å². The van der Waals surface area contributed by atoms with Gasteiger partial charge in [0.25, 0.3) is 0 Å². The van der Waals surface area contributed by atoms with Crippen LogP contribution in [0.3, 0.4) is 0 Å². The highest BCUT2D eigenvalue weighted by Gasteiger charge is 2.47. The Kier molecular flexibility index (Phi) is 7.85. The average Bonchev–Trinajstić information content (AvgIpc) is 2.84. The maximum Gasteiger partial charge on any atom is 0.415 e. The number of hydrogen-bond acceptors (Lipinski definition) is 2. The molecule has 2 aromatic rings. The summed E-state index contributed by atoms with van der Waals surface area (Å²) in [6.45, 7) is 7.57. The van der Waals surface area contributed by atoms with Crippen molar-refractivity contribution in [3.05, 3.63) is 66.2 Å². The average molecular weight is 436 g/mol. The van der Waals surface area contributed by atoms with Gasteiger partial charge in [0.05, 0.1) is 26.2 Å². The summed E-state index contributed by atoms with van der Waals surface area (Å²) in [6.07, 6.45) is 8.84. The number of carbonyl (C=O) groups excluding carboxylic acids is 1. The molecule has 0 N–H and O–H groups in total. The molecule has 0 saturated carbocycles. The summed E-state index contributed by atoms with van der Waals surface area (Å²) in [6, 6.07) is 20.1. The summed E-state index contributed by atoms with van der Waals surface area (Å²) >= 11 is 0. The Morgan fingerprint density at radius 2 is 1.59 bits per heavy atom. The van der Waals surface area contributed by atoms with E-state index in [4.69, 9.17) is 4.74 Å². The first kappa shape index (κ1) is 22.8. The highest BCUT2D eigenvalue weighted by Crippen LogP contribution is 2.36. The van der Waals surface area contributed by atoms with E-state index in [2.05, 4.69) is 19.1 Å². The van der Waals surface area contributed by atoms with E-state index in [1.54, 1.807) is 4.90 Å². The van der Waals surface area contributed by atoms with Crippen LogP contribution in [0.15, 0.2) is 60.7 Å². The molecule has 4 nitrogen and oxygen atoms in total. The lowest BCUT2D eigenvalue weighted by Gasteiger charge is -2.52. The molecule has 3 aliphatic rings. The van der Waals surface area contributed by atoms with E-state index in [9.17, 15) is 4.79 Å². The van der Waals surface area contributed by atoms with Crippen molar-refractivity contribution in [1.82, 2.24) is 0 Å². The molecule has 0 radical (unpaired) electrons. The Bertz CT molecular complexity index is 831. The van der Waals surface area contributed by atoms with E-state index >= 15 is 0 Å². The van der Waals surface area contributed by atoms with Crippen LogP contribution >= 0.6 is 0 Å². The number of quaternary nitrogens is 1. The first-order valence-corrected chi connectivity index (χ1v) is 12.6. The van der Waals surface area contributed by atoms with Gasteiger partial charge in [-0.1, -0.05) is 74.7 Å². The minimum atomic E-state index is -0.208. The second kappa shape index (κ2) is 11.0. The maximum absolute atomic E-state index is 13.4. The van der Waals surface area contributed by atoms with Crippen molar-refractivity contribution in [1.29, 1.82) is 0 Å². The molecule has 3 heterocycles. The second-order valence-corrected chi connectivity index (χ2v) is 9.78. The van der Waals surface area contributed by atoms with Gasteiger partial charge in [0.15, 0.2) is 6.10 Å². The number of anilines is 1. The van der Waals surface area contributed by atoms with Gasteiger partial charge in [-0.2, -0.15) is 0 Å². The first-order valence-electron chi connectivity index (χ1n) is 12.6. The van der Waals surface area contributed by atoms with Crippen LogP contribution in [0, 0.1) is 5.92 Å². The zero-order valence-corrected chi connectivity index (χ0v) is 19.6. The number of fused-ring (bicyclic) bond motifs is 3. The van der Waals surface area contributed by atoms with Gasteiger partial charge in [0, 0.05) is 24.4 Å². The molecule has 3 saturated heterocycles. The van der Waals surface area contributed by atoms with Crippen molar-refractivity contribution < 1.29 is 14.0 Å².